The molecule has 21 heavy (non-hydrogen) atoms. The number of rotatable bonds is 1. The number of anilines is 1. The van der Waals surface area contributed by atoms with Crippen molar-refractivity contribution >= 4 is 28.3 Å². The molecule has 104 valence electrons. The summed E-state index contributed by atoms with van der Waals surface area (Å²) in [4.78, 5) is 31.9. The number of aromatic amines is 1. The average Bonchev–Trinajstić information content (AvgIpc) is 3.03. The molecule has 0 aliphatic carbocycles. The Kier molecular flexibility index (Phi) is 2.08. The summed E-state index contributed by atoms with van der Waals surface area (Å²) in [6.45, 7) is 1.82. The van der Waals surface area contributed by atoms with E-state index in [0.717, 1.165) is 5.69 Å². The molecule has 0 aliphatic rings. The lowest BCUT2D eigenvalue weighted by atomic mass is 10.4. The van der Waals surface area contributed by atoms with Crippen molar-refractivity contribution in [2.75, 3.05) is 5.73 Å². The maximum absolute atomic E-state index is 11.8. The number of hydrogen-bond donors (Lipinski definition) is 2. The van der Waals surface area contributed by atoms with Gasteiger partial charge >= 0.3 is 0 Å². The van der Waals surface area contributed by atoms with Crippen molar-refractivity contribution in [3.63, 3.8) is 0 Å². The van der Waals surface area contributed by atoms with Gasteiger partial charge in [0.05, 0.1) is 5.69 Å². The van der Waals surface area contributed by atoms with Crippen molar-refractivity contribution in [3.05, 3.63) is 28.7 Å². The Balaban J connectivity index is 2.10. The quantitative estimate of drug-likeness (QED) is 0.445. The van der Waals surface area contributed by atoms with Gasteiger partial charge in [0.1, 0.15) is 18.2 Å². The van der Waals surface area contributed by atoms with Crippen molar-refractivity contribution in [1.29, 1.82) is 0 Å². The third kappa shape index (κ3) is 1.51. The zero-order chi connectivity index (χ0) is 14.6. The van der Waals surface area contributed by atoms with Crippen molar-refractivity contribution in [2.24, 2.45) is 0 Å². The van der Waals surface area contributed by atoms with Crippen LogP contribution in [0.2, 0.25) is 0 Å². The van der Waals surface area contributed by atoms with Crippen molar-refractivity contribution < 1.29 is 0 Å². The number of H-pyrrole nitrogens is 1. The summed E-state index contributed by atoms with van der Waals surface area (Å²) in [6.07, 6.45) is 2.92. The van der Waals surface area contributed by atoms with Crippen LogP contribution in [0.4, 0.5) is 5.95 Å². The van der Waals surface area contributed by atoms with E-state index in [2.05, 4.69) is 35.2 Å². The number of aryl methyl sites for hydroxylation is 1. The van der Waals surface area contributed by atoms with E-state index in [1.54, 1.807) is 0 Å². The summed E-state index contributed by atoms with van der Waals surface area (Å²) >= 11 is 0. The van der Waals surface area contributed by atoms with E-state index in [-0.39, 0.29) is 17.1 Å². The number of nitrogens with two attached hydrogens (primary N) is 1. The molecule has 0 saturated heterocycles. The van der Waals surface area contributed by atoms with Crippen LogP contribution in [-0.4, -0.2) is 44.7 Å². The molecule has 4 aromatic heterocycles. The van der Waals surface area contributed by atoms with Gasteiger partial charge < -0.3 is 5.73 Å². The van der Waals surface area contributed by atoms with Gasteiger partial charge in [-0.1, -0.05) is 0 Å². The maximum Gasteiger partial charge on any atom is 0.282 e. The standard InChI is InChI=1S/C10H8N10O/c1-4-5-7(13-2-12-4)19(3-14-5)20-8-6(17-18-20)9(21)16-10(11)15-8/h2-3H,1H3,(H3,11,15,16,21). The fourth-order valence-corrected chi connectivity index (χ4v) is 2.06. The minimum absolute atomic E-state index is 0.0220. The molecule has 0 aliphatic heterocycles. The number of nitrogens with one attached hydrogen (secondary N) is 1. The second-order valence-corrected chi connectivity index (χ2v) is 4.32. The van der Waals surface area contributed by atoms with E-state index in [4.69, 9.17) is 5.73 Å². The van der Waals surface area contributed by atoms with Crippen LogP contribution < -0.4 is 11.3 Å². The summed E-state index contributed by atoms with van der Waals surface area (Å²) in [7, 11) is 0. The van der Waals surface area contributed by atoms with E-state index < -0.39 is 5.56 Å². The van der Waals surface area contributed by atoms with Crippen LogP contribution in [0.15, 0.2) is 17.4 Å². The Morgan fingerprint density at radius 2 is 2.05 bits per heavy atom. The number of imidazole rings is 1. The molecule has 4 heterocycles. The molecule has 0 saturated carbocycles. The average molecular weight is 284 g/mol. The van der Waals surface area contributed by atoms with Gasteiger partial charge in [0.15, 0.2) is 11.2 Å². The lowest BCUT2D eigenvalue weighted by molar-refractivity contribution is 0.575. The first-order valence-corrected chi connectivity index (χ1v) is 5.91. The van der Waals surface area contributed by atoms with E-state index >= 15 is 0 Å². The highest BCUT2D eigenvalue weighted by atomic mass is 16.1. The predicted octanol–water partition coefficient (Wildman–Crippen LogP) is -1.14. The van der Waals surface area contributed by atoms with Crippen LogP contribution >= 0.6 is 0 Å². The molecule has 0 spiro atoms. The molecule has 0 atom stereocenters. The van der Waals surface area contributed by atoms with Gasteiger partial charge in [0, 0.05) is 0 Å². The minimum atomic E-state index is -0.459. The number of aromatic nitrogens is 9. The van der Waals surface area contributed by atoms with E-state index in [0.29, 0.717) is 11.2 Å². The van der Waals surface area contributed by atoms with E-state index in [1.807, 2.05) is 6.92 Å². The third-order valence-electron chi connectivity index (χ3n) is 3.02. The van der Waals surface area contributed by atoms with Crippen LogP contribution in [-0.2, 0) is 0 Å². The smallest absolute Gasteiger partial charge is 0.282 e. The van der Waals surface area contributed by atoms with Crippen LogP contribution in [0.25, 0.3) is 22.3 Å². The van der Waals surface area contributed by atoms with Gasteiger partial charge in [-0.2, -0.15) is 9.66 Å². The molecule has 11 heteroatoms. The van der Waals surface area contributed by atoms with Gasteiger partial charge in [-0.05, 0) is 12.1 Å². The lowest BCUT2D eigenvalue weighted by Gasteiger charge is -2.02. The molecule has 0 unspecified atom stereocenters. The van der Waals surface area contributed by atoms with Crippen LogP contribution in [0, 0.1) is 6.92 Å². The first kappa shape index (κ1) is 11.5. The first-order valence-electron chi connectivity index (χ1n) is 5.91. The van der Waals surface area contributed by atoms with Crippen molar-refractivity contribution in [3.8, 4) is 0 Å². The monoisotopic (exact) mass is 284 g/mol. The largest absolute Gasteiger partial charge is 0.369 e. The van der Waals surface area contributed by atoms with E-state index in [1.165, 1.54) is 22.1 Å². The maximum atomic E-state index is 11.8. The molecule has 0 fully saturated rings. The Morgan fingerprint density at radius 1 is 1.19 bits per heavy atom. The number of nitrogens with zero attached hydrogens (tertiary/aromatic N) is 8. The first-order chi connectivity index (χ1) is 10.1. The molecule has 11 nitrogen and oxygen atoms in total. The SMILES string of the molecule is Cc1ncnc2c1ncn2-n1nnc2c(=O)[nH]c(N)nc21. The highest BCUT2D eigenvalue weighted by Gasteiger charge is 2.15. The Labute approximate surface area is 115 Å². The molecule has 0 aromatic carbocycles. The fraction of sp³-hybridized carbons (Fsp3) is 0.100. The molecule has 0 amide bonds. The van der Waals surface area contributed by atoms with Gasteiger partial charge in [-0.15, -0.1) is 9.89 Å². The molecular weight excluding hydrogens is 276 g/mol. The Bertz CT molecular complexity index is 1040. The summed E-state index contributed by atoms with van der Waals surface area (Å²) in [5.41, 5.74) is 7.27. The van der Waals surface area contributed by atoms with Gasteiger partial charge in [-0.25, -0.2) is 15.0 Å². The van der Waals surface area contributed by atoms with Crippen LogP contribution in [0.3, 0.4) is 0 Å². The second-order valence-electron chi connectivity index (χ2n) is 4.32. The number of hydrogen-bond acceptors (Lipinski definition) is 8. The lowest BCUT2D eigenvalue weighted by Crippen LogP contribution is -2.15. The van der Waals surface area contributed by atoms with Crippen molar-refractivity contribution in [2.45, 2.75) is 6.92 Å². The van der Waals surface area contributed by atoms with Gasteiger partial charge in [0.2, 0.25) is 11.6 Å². The molecule has 4 rings (SSSR count). The number of fused-ring (bicyclic) bond motifs is 2. The molecular formula is C10H8N10O. The normalized spacial score (nSPS) is 11.5. The zero-order valence-electron chi connectivity index (χ0n) is 10.7. The minimum Gasteiger partial charge on any atom is -0.369 e. The van der Waals surface area contributed by atoms with Gasteiger partial charge in [0.25, 0.3) is 5.56 Å². The zero-order valence-corrected chi connectivity index (χ0v) is 10.7. The highest BCUT2D eigenvalue weighted by molar-refractivity contribution is 5.74. The summed E-state index contributed by atoms with van der Waals surface area (Å²) in [5.74, 6) is -0.0220. The molecule has 0 bridgehead atoms. The molecule has 4 aromatic rings. The van der Waals surface area contributed by atoms with Crippen LogP contribution in [0.5, 0.6) is 0 Å². The second kappa shape index (κ2) is 3.82. The summed E-state index contributed by atoms with van der Waals surface area (Å²) in [6, 6.07) is 0. The Hall–Kier alpha value is -3.37. The topological polar surface area (TPSA) is 146 Å². The van der Waals surface area contributed by atoms with Crippen molar-refractivity contribution in [1.82, 2.24) is 44.7 Å². The summed E-state index contributed by atoms with van der Waals surface area (Å²) in [5, 5.41) is 7.71. The van der Waals surface area contributed by atoms with E-state index in [9.17, 15) is 4.79 Å². The summed E-state index contributed by atoms with van der Waals surface area (Å²) < 4.78 is 1.52. The number of nitrogen functional groups attached to an aromatic ring is 1. The predicted molar refractivity (Wildman–Crippen MR) is 71.2 cm³/mol. The van der Waals surface area contributed by atoms with Crippen LogP contribution in [0.1, 0.15) is 5.69 Å². The highest BCUT2D eigenvalue weighted by Crippen LogP contribution is 2.13. The molecule has 3 N–H and O–H groups in total. The molecule has 0 radical (unpaired) electrons. The third-order valence-corrected chi connectivity index (χ3v) is 3.02. The Morgan fingerprint density at radius 3 is 2.90 bits per heavy atom. The fourth-order valence-electron chi connectivity index (χ4n) is 2.06. The van der Waals surface area contributed by atoms with Gasteiger partial charge in [-0.3, -0.25) is 9.78 Å².